The lowest BCUT2D eigenvalue weighted by Crippen LogP contribution is -2.12. The number of fused-ring (bicyclic) bond motifs is 1. The van der Waals surface area contributed by atoms with Gasteiger partial charge in [0, 0.05) is 30.6 Å². The van der Waals surface area contributed by atoms with Gasteiger partial charge < -0.3 is 5.32 Å². The molecule has 6 heteroatoms. The lowest BCUT2D eigenvalue weighted by Gasteiger charge is -2.12. The topological polar surface area (TPSA) is 55.6 Å². The zero-order chi connectivity index (χ0) is 15.7. The number of aromatic nitrogens is 4. The molecule has 1 N–H and O–H groups in total. The van der Waals surface area contributed by atoms with Gasteiger partial charge >= 0.3 is 0 Å². The van der Waals surface area contributed by atoms with E-state index in [4.69, 9.17) is 0 Å². The summed E-state index contributed by atoms with van der Waals surface area (Å²) in [5.41, 5.74) is 2.68. The van der Waals surface area contributed by atoms with Crippen molar-refractivity contribution in [2.45, 2.75) is 19.8 Å². The molecular weight excluding hydrogens is 281 g/mol. The monoisotopic (exact) mass is 299 g/mol. The molecule has 0 aliphatic rings. The molecule has 22 heavy (non-hydrogen) atoms. The van der Waals surface area contributed by atoms with Crippen LogP contribution >= 0.6 is 0 Å². The van der Waals surface area contributed by atoms with Crippen molar-refractivity contribution in [2.75, 3.05) is 11.9 Å². The van der Waals surface area contributed by atoms with Gasteiger partial charge in [-0.25, -0.2) is 9.37 Å². The molecule has 0 bridgehead atoms. The second kappa shape index (κ2) is 5.71. The van der Waals surface area contributed by atoms with Crippen molar-refractivity contribution in [3.05, 3.63) is 47.7 Å². The van der Waals surface area contributed by atoms with Crippen LogP contribution in [-0.2, 0) is 7.05 Å². The van der Waals surface area contributed by atoms with E-state index < -0.39 is 0 Å². The predicted octanol–water partition coefficient (Wildman–Crippen LogP) is 3.03. The summed E-state index contributed by atoms with van der Waals surface area (Å²) in [5, 5.41) is 8.72. The summed E-state index contributed by atoms with van der Waals surface area (Å²) in [4.78, 5) is 8.69. The largest absolute Gasteiger partial charge is 0.369 e. The average molecular weight is 299 g/mol. The highest BCUT2D eigenvalue weighted by molar-refractivity contribution is 5.79. The SMILES string of the molecule is Cc1nn(C)c2nc(NCC(C)c3ccc(F)cn3)ccc12. The maximum atomic E-state index is 12.9. The first-order valence-corrected chi connectivity index (χ1v) is 7.20. The highest BCUT2D eigenvalue weighted by atomic mass is 19.1. The number of nitrogens with zero attached hydrogens (tertiary/aromatic N) is 4. The van der Waals surface area contributed by atoms with Crippen LogP contribution in [0.4, 0.5) is 10.2 Å². The van der Waals surface area contributed by atoms with Crippen LogP contribution in [0.25, 0.3) is 11.0 Å². The van der Waals surface area contributed by atoms with Crippen molar-refractivity contribution in [3.63, 3.8) is 0 Å². The van der Waals surface area contributed by atoms with E-state index in [1.807, 2.05) is 33.0 Å². The molecule has 3 aromatic heterocycles. The predicted molar refractivity (Wildman–Crippen MR) is 84.3 cm³/mol. The van der Waals surface area contributed by atoms with Crippen LogP contribution in [0.2, 0.25) is 0 Å². The summed E-state index contributed by atoms with van der Waals surface area (Å²) in [6.45, 7) is 4.69. The van der Waals surface area contributed by atoms with Crippen LogP contribution in [-0.4, -0.2) is 26.3 Å². The number of nitrogens with one attached hydrogen (secondary N) is 1. The molecule has 1 unspecified atom stereocenters. The molecule has 0 spiro atoms. The molecule has 1 atom stereocenters. The third kappa shape index (κ3) is 2.77. The van der Waals surface area contributed by atoms with E-state index in [2.05, 4.69) is 20.4 Å². The Morgan fingerprint density at radius 2 is 2.09 bits per heavy atom. The normalized spacial score (nSPS) is 12.5. The zero-order valence-corrected chi connectivity index (χ0v) is 12.8. The molecule has 0 saturated carbocycles. The molecule has 0 aliphatic carbocycles. The number of hydrogen-bond donors (Lipinski definition) is 1. The lowest BCUT2D eigenvalue weighted by molar-refractivity contribution is 0.616. The van der Waals surface area contributed by atoms with Gasteiger partial charge in [0.1, 0.15) is 11.6 Å². The third-order valence-electron chi connectivity index (χ3n) is 3.72. The van der Waals surface area contributed by atoms with Gasteiger partial charge in [-0.2, -0.15) is 5.10 Å². The van der Waals surface area contributed by atoms with E-state index in [0.29, 0.717) is 6.54 Å². The van der Waals surface area contributed by atoms with E-state index in [0.717, 1.165) is 28.2 Å². The first kappa shape index (κ1) is 14.4. The van der Waals surface area contributed by atoms with Crippen molar-refractivity contribution in [1.29, 1.82) is 0 Å². The average Bonchev–Trinajstić information content (AvgIpc) is 2.80. The number of rotatable bonds is 4. The molecule has 0 aromatic carbocycles. The molecule has 114 valence electrons. The second-order valence-electron chi connectivity index (χ2n) is 5.46. The lowest BCUT2D eigenvalue weighted by atomic mass is 10.1. The summed E-state index contributed by atoms with van der Waals surface area (Å²) in [5.74, 6) is 0.637. The van der Waals surface area contributed by atoms with E-state index in [1.165, 1.54) is 12.3 Å². The molecular formula is C16H18FN5. The number of pyridine rings is 2. The fourth-order valence-electron chi connectivity index (χ4n) is 2.44. The minimum absolute atomic E-state index is 0.159. The smallest absolute Gasteiger partial charge is 0.160 e. The van der Waals surface area contributed by atoms with Crippen LogP contribution in [0.1, 0.15) is 24.2 Å². The summed E-state index contributed by atoms with van der Waals surface area (Å²) in [6.07, 6.45) is 1.24. The number of hydrogen-bond acceptors (Lipinski definition) is 4. The highest BCUT2D eigenvalue weighted by Gasteiger charge is 2.10. The Labute approximate surface area is 128 Å². The van der Waals surface area contributed by atoms with E-state index in [1.54, 1.807) is 10.7 Å². The molecule has 5 nitrogen and oxygen atoms in total. The Morgan fingerprint density at radius 3 is 2.82 bits per heavy atom. The van der Waals surface area contributed by atoms with Crippen molar-refractivity contribution < 1.29 is 4.39 Å². The van der Waals surface area contributed by atoms with Gasteiger partial charge in [-0.15, -0.1) is 0 Å². The van der Waals surface area contributed by atoms with Gasteiger partial charge in [-0.05, 0) is 31.2 Å². The van der Waals surface area contributed by atoms with Crippen molar-refractivity contribution in [1.82, 2.24) is 19.7 Å². The molecule has 3 aromatic rings. The Balaban J connectivity index is 1.73. The van der Waals surface area contributed by atoms with Crippen LogP contribution < -0.4 is 5.32 Å². The van der Waals surface area contributed by atoms with Gasteiger partial charge in [-0.3, -0.25) is 9.67 Å². The van der Waals surface area contributed by atoms with E-state index in [-0.39, 0.29) is 11.7 Å². The Hall–Kier alpha value is -2.50. The Kier molecular flexibility index (Phi) is 3.75. The van der Waals surface area contributed by atoms with Crippen LogP contribution in [0.3, 0.4) is 0 Å². The summed E-state index contributed by atoms with van der Waals surface area (Å²) >= 11 is 0. The Bertz CT molecular complexity index is 794. The van der Waals surface area contributed by atoms with Gasteiger partial charge in [0.15, 0.2) is 5.65 Å². The Morgan fingerprint density at radius 1 is 1.27 bits per heavy atom. The van der Waals surface area contributed by atoms with Crippen molar-refractivity contribution >= 4 is 16.9 Å². The van der Waals surface area contributed by atoms with Crippen molar-refractivity contribution in [3.8, 4) is 0 Å². The number of anilines is 1. The second-order valence-corrected chi connectivity index (χ2v) is 5.46. The minimum Gasteiger partial charge on any atom is -0.369 e. The molecule has 0 aliphatic heterocycles. The molecule has 0 amide bonds. The summed E-state index contributed by atoms with van der Waals surface area (Å²) < 4.78 is 14.7. The standard InChI is InChI=1S/C16H18FN5/c1-10(14-6-4-12(17)9-18-14)8-19-15-7-5-13-11(2)21-22(3)16(13)20-15/h4-7,9-10H,8H2,1-3H3,(H,19,20). The molecule has 3 heterocycles. The first-order valence-electron chi connectivity index (χ1n) is 7.20. The van der Waals surface area contributed by atoms with Gasteiger partial charge in [0.05, 0.1) is 11.9 Å². The maximum absolute atomic E-state index is 12.9. The molecule has 3 rings (SSSR count). The summed E-state index contributed by atoms with van der Waals surface area (Å²) in [7, 11) is 1.89. The van der Waals surface area contributed by atoms with Gasteiger partial charge in [0.2, 0.25) is 0 Å². The molecule has 0 radical (unpaired) electrons. The minimum atomic E-state index is -0.317. The quantitative estimate of drug-likeness (QED) is 0.804. The number of halogens is 1. The number of aryl methyl sites for hydroxylation is 2. The van der Waals surface area contributed by atoms with Crippen LogP contribution in [0, 0.1) is 12.7 Å². The van der Waals surface area contributed by atoms with Crippen LogP contribution in [0.15, 0.2) is 30.5 Å². The third-order valence-corrected chi connectivity index (χ3v) is 3.72. The molecule has 0 fully saturated rings. The summed E-state index contributed by atoms with van der Waals surface area (Å²) in [6, 6.07) is 7.11. The fourth-order valence-corrected chi connectivity index (χ4v) is 2.44. The van der Waals surface area contributed by atoms with E-state index >= 15 is 0 Å². The molecule has 0 saturated heterocycles. The van der Waals surface area contributed by atoms with Gasteiger partial charge in [0.25, 0.3) is 0 Å². The highest BCUT2D eigenvalue weighted by Crippen LogP contribution is 2.19. The van der Waals surface area contributed by atoms with Gasteiger partial charge in [-0.1, -0.05) is 6.92 Å². The van der Waals surface area contributed by atoms with Crippen molar-refractivity contribution in [2.24, 2.45) is 7.05 Å². The van der Waals surface area contributed by atoms with Crippen LogP contribution in [0.5, 0.6) is 0 Å². The first-order chi connectivity index (χ1) is 10.5. The zero-order valence-electron chi connectivity index (χ0n) is 12.8. The van der Waals surface area contributed by atoms with E-state index in [9.17, 15) is 4.39 Å². The maximum Gasteiger partial charge on any atom is 0.160 e. The fraction of sp³-hybridized carbons (Fsp3) is 0.312.